The molecule has 0 aliphatic carbocycles. The molecule has 1 aromatic rings. The van der Waals surface area contributed by atoms with Gasteiger partial charge >= 0.3 is 5.97 Å². The van der Waals surface area contributed by atoms with Gasteiger partial charge in [-0.3, -0.25) is 9.59 Å². The zero-order chi connectivity index (χ0) is 16.5. The third-order valence-electron chi connectivity index (χ3n) is 4.09. The fourth-order valence-electron chi connectivity index (χ4n) is 2.82. The molecule has 2 rings (SSSR count). The Balaban J connectivity index is 1.66. The van der Waals surface area contributed by atoms with E-state index in [4.69, 9.17) is 9.47 Å². The smallest absolute Gasteiger partial charge is 0.309 e. The molecular formula is C18H25NO4. The third-order valence-corrected chi connectivity index (χ3v) is 4.09. The second-order valence-electron chi connectivity index (χ2n) is 5.72. The predicted molar refractivity (Wildman–Crippen MR) is 87.2 cm³/mol. The fraction of sp³-hybridized carbons (Fsp3) is 0.556. The number of nitrogens with zero attached hydrogens (tertiary/aromatic N) is 1. The summed E-state index contributed by atoms with van der Waals surface area (Å²) in [6.07, 6.45) is 4.32. The van der Waals surface area contributed by atoms with Crippen molar-refractivity contribution >= 4 is 11.9 Å². The number of para-hydroxylation sites is 1. The van der Waals surface area contributed by atoms with Gasteiger partial charge in [-0.1, -0.05) is 25.1 Å². The summed E-state index contributed by atoms with van der Waals surface area (Å²) in [6, 6.07) is 9.59. The molecule has 5 nitrogen and oxygen atoms in total. The monoisotopic (exact) mass is 319 g/mol. The zero-order valence-corrected chi connectivity index (χ0v) is 13.7. The van der Waals surface area contributed by atoms with Crippen molar-refractivity contribution in [2.45, 2.75) is 45.1 Å². The summed E-state index contributed by atoms with van der Waals surface area (Å²) >= 11 is 0. The Labute approximate surface area is 137 Å². The van der Waals surface area contributed by atoms with Crippen LogP contribution < -0.4 is 4.74 Å². The SMILES string of the molecule is CC[C@@H]1CCCCN1C(=O)COC(=O)CCOc1ccccc1. The predicted octanol–water partition coefficient (Wildman–Crippen LogP) is 2.79. The van der Waals surface area contributed by atoms with E-state index in [-0.39, 0.29) is 31.6 Å². The highest BCUT2D eigenvalue weighted by Gasteiger charge is 2.25. The van der Waals surface area contributed by atoms with E-state index in [9.17, 15) is 9.59 Å². The lowest BCUT2D eigenvalue weighted by atomic mass is 10.00. The lowest BCUT2D eigenvalue weighted by Gasteiger charge is -2.35. The number of benzene rings is 1. The topological polar surface area (TPSA) is 55.8 Å². The molecule has 1 amide bonds. The summed E-state index contributed by atoms with van der Waals surface area (Å²) in [7, 11) is 0. The summed E-state index contributed by atoms with van der Waals surface area (Å²) in [6.45, 7) is 2.94. The molecule has 1 aliphatic heterocycles. The maximum Gasteiger partial charge on any atom is 0.309 e. The summed E-state index contributed by atoms with van der Waals surface area (Å²) in [5, 5.41) is 0. The molecule has 1 atom stereocenters. The van der Waals surface area contributed by atoms with E-state index < -0.39 is 5.97 Å². The van der Waals surface area contributed by atoms with Crippen molar-refractivity contribution < 1.29 is 19.1 Å². The van der Waals surface area contributed by atoms with Crippen molar-refractivity contribution in [3.05, 3.63) is 30.3 Å². The highest BCUT2D eigenvalue weighted by atomic mass is 16.5. The lowest BCUT2D eigenvalue weighted by molar-refractivity contribution is -0.154. The van der Waals surface area contributed by atoms with Gasteiger partial charge in [0.2, 0.25) is 0 Å². The van der Waals surface area contributed by atoms with Crippen LogP contribution in [0.15, 0.2) is 30.3 Å². The van der Waals surface area contributed by atoms with Crippen molar-refractivity contribution in [1.29, 1.82) is 0 Å². The molecule has 0 spiro atoms. The van der Waals surface area contributed by atoms with Crippen LogP contribution in [0.1, 0.15) is 39.0 Å². The molecule has 0 bridgehead atoms. The van der Waals surface area contributed by atoms with Crippen LogP contribution in [-0.2, 0) is 14.3 Å². The molecule has 1 heterocycles. The number of likely N-dealkylation sites (tertiary alicyclic amines) is 1. The molecule has 23 heavy (non-hydrogen) atoms. The zero-order valence-electron chi connectivity index (χ0n) is 13.7. The molecule has 1 fully saturated rings. The first-order chi connectivity index (χ1) is 11.2. The van der Waals surface area contributed by atoms with Gasteiger partial charge < -0.3 is 14.4 Å². The normalized spacial score (nSPS) is 17.6. The van der Waals surface area contributed by atoms with Crippen LogP contribution in [0.25, 0.3) is 0 Å². The summed E-state index contributed by atoms with van der Waals surface area (Å²) < 4.78 is 10.5. The first kappa shape index (κ1) is 17.3. The molecule has 1 aromatic carbocycles. The number of piperidine rings is 1. The van der Waals surface area contributed by atoms with Crippen LogP contribution in [0.2, 0.25) is 0 Å². The van der Waals surface area contributed by atoms with Crippen molar-refractivity contribution in [1.82, 2.24) is 4.90 Å². The molecule has 5 heteroatoms. The van der Waals surface area contributed by atoms with Crippen LogP contribution in [0.5, 0.6) is 5.75 Å². The van der Waals surface area contributed by atoms with Gasteiger partial charge in [-0.2, -0.15) is 0 Å². The third kappa shape index (κ3) is 5.58. The van der Waals surface area contributed by atoms with Gasteiger partial charge in [-0.05, 0) is 37.8 Å². The number of esters is 1. The minimum atomic E-state index is -0.403. The second-order valence-corrected chi connectivity index (χ2v) is 5.72. The fourth-order valence-corrected chi connectivity index (χ4v) is 2.82. The molecule has 1 saturated heterocycles. The molecule has 0 unspecified atom stereocenters. The van der Waals surface area contributed by atoms with Crippen molar-refractivity contribution in [2.24, 2.45) is 0 Å². The number of amides is 1. The number of carbonyl (C=O) groups excluding carboxylic acids is 2. The van der Waals surface area contributed by atoms with Gasteiger partial charge in [-0.15, -0.1) is 0 Å². The summed E-state index contributed by atoms with van der Waals surface area (Å²) in [4.78, 5) is 25.7. The maximum atomic E-state index is 12.2. The highest BCUT2D eigenvalue weighted by Crippen LogP contribution is 2.19. The van der Waals surface area contributed by atoms with Crippen LogP contribution in [0, 0.1) is 0 Å². The number of hydrogen-bond acceptors (Lipinski definition) is 4. The Morgan fingerprint density at radius 1 is 1.22 bits per heavy atom. The molecule has 0 aromatic heterocycles. The quantitative estimate of drug-likeness (QED) is 0.725. The van der Waals surface area contributed by atoms with Crippen molar-refractivity contribution in [2.75, 3.05) is 19.8 Å². The Morgan fingerprint density at radius 2 is 2.00 bits per heavy atom. The van der Waals surface area contributed by atoms with E-state index in [1.807, 2.05) is 35.2 Å². The standard InChI is InChI=1S/C18H25NO4/c1-2-15-8-6-7-12-19(15)17(20)14-23-18(21)11-13-22-16-9-4-3-5-10-16/h3-5,9-10,15H,2,6-8,11-14H2,1H3/t15-/m1/s1. The summed E-state index contributed by atoms with van der Waals surface area (Å²) in [5.41, 5.74) is 0. The number of hydrogen-bond donors (Lipinski definition) is 0. The van der Waals surface area contributed by atoms with E-state index in [1.165, 1.54) is 6.42 Å². The van der Waals surface area contributed by atoms with E-state index in [0.29, 0.717) is 0 Å². The van der Waals surface area contributed by atoms with Gasteiger partial charge in [0.05, 0.1) is 13.0 Å². The first-order valence-electron chi connectivity index (χ1n) is 8.33. The van der Waals surface area contributed by atoms with Crippen LogP contribution in [0.3, 0.4) is 0 Å². The molecule has 1 aliphatic rings. The minimum Gasteiger partial charge on any atom is -0.493 e. The number of ether oxygens (including phenoxy) is 2. The Morgan fingerprint density at radius 3 is 2.74 bits per heavy atom. The average Bonchev–Trinajstić information content (AvgIpc) is 2.60. The van der Waals surface area contributed by atoms with E-state index in [0.717, 1.165) is 31.6 Å². The van der Waals surface area contributed by atoms with Gasteiger partial charge in [0.1, 0.15) is 5.75 Å². The van der Waals surface area contributed by atoms with Crippen LogP contribution >= 0.6 is 0 Å². The Kier molecular flexibility index (Phi) is 6.91. The molecular weight excluding hydrogens is 294 g/mol. The largest absolute Gasteiger partial charge is 0.493 e. The van der Waals surface area contributed by atoms with Gasteiger partial charge in [0.25, 0.3) is 5.91 Å². The maximum absolute atomic E-state index is 12.2. The van der Waals surface area contributed by atoms with E-state index in [2.05, 4.69) is 6.92 Å². The second kappa shape index (κ2) is 9.18. The molecule has 0 N–H and O–H groups in total. The van der Waals surface area contributed by atoms with Gasteiger partial charge in [0, 0.05) is 12.6 Å². The van der Waals surface area contributed by atoms with Crippen LogP contribution in [-0.4, -0.2) is 42.6 Å². The molecule has 126 valence electrons. The minimum absolute atomic E-state index is 0.0890. The van der Waals surface area contributed by atoms with E-state index in [1.54, 1.807) is 0 Å². The van der Waals surface area contributed by atoms with Crippen LogP contribution in [0.4, 0.5) is 0 Å². The summed E-state index contributed by atoms with van der Waals surface area (Å²) in [5.74, 6) is 0.226. The number of rotatable bonds is 7. The van der Waals surface area contributed by atoms with Gasteiger partial charge in [0.15, 0.2) is 6.61 Å². The van der Waals surface area contributed by atoms with Crippen molar-refractivity contribution in [3.63, 3.8) is 0 Å². The van der Waals surface area contributed by atoms with E-state index >= 15 is 0 Å². The Hall–Kier alpha value is -2.04. The number of carbonyl (C=O) groups is 2. The van der Waals surface area contributed by atoms with Crippen molar-refractivity contribution in [3.8, 4) is 5.75 Å². The average molecular weight is 319 g/mol. The lowest BCUT2D eigenvalue weighted by Crippen LogP contribution is -2.45. The first-order valence-corrected chi connectivity index (χ1v) is 8.33. The Bertz CT molecular complexity index is 503. The molecule has 0 saturated carbocycles. The van der Waals surface area contributed by atoms with Gasteiger partial charge in [-0.25, -0.2) is 0 Å². The highest BCUT2D eigenvalue weighted by molar-refractivity contribution is 5.81. The molecule has 0 radical (unpaired) electrons.